The van der Waals surface area contributed by atoms with E-state index in [2.05, 4.69) is 0 Å². The highest BCUT2D eigenvalue weighted by atomic mass is 16.6. The summed E-state index contributed by atoms with van der Waals surface area (Å²) < 4.78 is 4.91. The molecule has 0 spiro atoms. The van der Waals surface area contributed by atoms with E-state index in [4.69, 9.17) is 16.2 Å². The number of amides is 1. The number of ether oxygens (including phenoxy) is 1. The zero-order valence-electron chi connectivity index (χ0n) is 7.61. The number of primary amides is 1. The summed E-state index contributed by atoms with van der Waals surface area (Å²) in [6.45, 7) is 0. The van der Waals surface area contributed by atoms with Crippen LogP contribution in [0.4, 0.5) is 4.79 Å². The summed E-state index contributed by atoms with van der Waals surface area (Å²) in [5.74, 6) is 0. The van der Waals surface area contributed by atoms with Gasteiger partial charge in [-0.25, -0.2) is 4.79 Å². The lowest BCUT2D eigenvalue weighted by Crippen LogP contribution is -2.25. The first-order valence-corrected chi connectivity index (χ1v) is 4.57. The molecule has 1 aliphatic rings. The van der Waals surface area contributed by atoms with Gasteiger partial charge >= 0.3 is 6.09 Å². The monoisotopic (exact) mass is 184 g/mol. The Balaban J connectivity index is 2.40. The van der Waals surface area contributed by atoms with Crippen molar-refractivity contribution < 1.29 is 9.53 Å². The number of carbonyl (C=O) groups excluding carboxylic acids is 1. The van der Waals surface area contributed by atoms with E-state index in [0.717, 1.165) is 25.7 Å². The Bertz CT molecular complexity index is 204. The Morgan fingerprint density at radius 2 is 2.23 bits per heavy atom. The third-order valence-electron chi connectivity index (χ3n) is 2.13. The van der Waals surface area contributed by atoms with E-state index in [-0.39, 0.29) is 12.1 Å². The Kier molecular flexibility index (Phi) is 3.76. The van der Waals surface area contributed by atoms with Crippen LogP contribution in [0.15, 0.2) is 12.2 Å². The van der Waals surface area contributed by atoms with Gasteiger partial charge in [0.1, 0.15) is 6.10 Å². The van der Waals surface area contributed by atoms with Crippen molar-refractivity contribution in [1.82, 2.24) is 0 Å². The van der Waals surface area contributed by atoms with Gasteiger partial charge in [0.25, 0.3) is 0 Å². The fourth-order valence-corrected chi connectivity index (χ4v) is 1.47. The molecule has 4 heteroatoms. The van der Waals surface area contributed by atoms with E-state index in [9.17, 15) is 4.79 Å². The standard InChI is InChI=1S/C9H16N2O2/c10-7-3-1-5-8(6-2-4-7)13-9(11)12/h1,3,7-8H,2,4-6,10H2,(H2,11,12)/b3-1+. The fraction of sp³-hybridized carbons (Fsp3) is 0.667. The van der Waals surface area contributed by atoms with Crippen molar-refractivity contribution in [1.29, 1.82) is 0 Å². The molecule has 0 aromatic rings. The molecule has 0 aromatic heterocycles. The van der Waals surface area contributed by atoms with Crippen molar-refractivity contribution in [2.24, 2.45) is 11.5 Å². The largest absolute Gasteiger partial charge is 0.446 e. The van der Waals surface area contributed by atoms with Gasteiger partial charge in [-0.05, 0) is 19.3 Å². The van der Waals surface area contributed by atoms with Gasteiger partial charge in [0, 0.05) is 12.5 Å². The van der Waals surface area contributed by atoms with Crippen LogP contribution in [0.2, 0.25) is 0 Å². The molecule has 2 unspecified atom stereocenters. The maximum atomic E-state index is 10.5. The minimum absolute atomic E-state index is 0.0683. The van der Waals surface area contributed by atoms with Gasteiger partial charge in [-0.1, -0.05) is 12.2 Å². The number of hydrogen-bond acceptors (Lipinski definition) is 3. The highest BCUT2D eigenvalue weighted by molar-refractivity contribution is 5.64. The van der Waals surface area contributed by atoms with Crippen LogP contribution in [0.3, 0.4) is 0 Å². The molecule has 4 N–H and O–H groups in total. The third-order valence-corrected chi connectivity index (χ3v) is 2.13. The van der Waals surface area contributed by atoms with Crippen molar-refractivity contribution in [2.75, 3.05) is 0 Å². The van der Waals surface area contributed by atoms with Crippen LogP contribution in [0, 0.1) is 0 Å². The normalized spacial score (nSPS) is 31.5. The molecule has 1 aliphatic carbocycles. The topological polar surface area (TPSA) is 78.3 Å². The summed E-state index contributed by atoms with van der Waals surface area (Å²) in [6, 6.07) is 0.148. The van der Waals surface area contributed by atoms with Gasteiger partial charge < -0.3 is 16.2 Å². The molecule has 0 bridgehead atoms. The van der Waals surface area contributed by atoms with Crippen molar-refractivity contribution >= 4 is 6.09 Å². The van der Waals surface area contributed by atoms with E-state index < -0.39 is 6.09 Å². The van der Waals surface area contributed by atoms with Crippen LogP contribution >= 0.6 is 0 Å². The third kappa shape index (κ3) is 3.94. The Labute approximate surface area is 77.9 Å². The zero-order valence-corrected chi connectivity index (χ0v) is 7.61. The molecular formula is C9H16N2O2. The van der Waals surface area contributed by atoms with Crippen LogP contribution in [0.25, 0.3) is 0 Å². The fourth-order valence-electron chi connectivity index (χ4n) is 1.47. The van der Waals surface area contributed by atoms with Gasteiger partial charge in [-0.3, -0.25) is 0 Å². The van der Waals surface area contributed by atoms with Gasteiger partial charge in [-0.2, -0.15) is 0 Å². The molecule has 0 saturated carbocycles. The van der Waals surface area contributed by atoms with Gasteiger partial charge in [-0.15, -0.1) is 0 Å². The lowest BCUT2D eigenvalue weighted by Gasteiger charge is -2.18. The molecule has 2 atom stereocenters. The minimum atomic E-state index is -0.691. The maximum absolute atomic E-state index is 10.5. The number of nitrogens with two attached hydrogens (primary N) is 2. The highest BCUT2D eigenvalue weighted by Gasteiger charge is 2.13. The molecule has 0 heterocycles. The lowest BCUT2D eigenvalue weighted by molar-refractivity contribution is 0.100. The zero-order chi connectivity index (χ0) is 9.68. The summed E-state index contributed by atoms with van der Waals surface area (Å²) in [6.07, 6.45) is 6.63. The van der Waals surface area contributed by atoms with Crippen LogP contribution in [-0.4, -0.2) is 18.2 Å². The summed E-state index contributed by atoms with van der Waals surface area (Å²) in [5, 5.41) is 0. The van der Waals surface area contributed by atoms with Crippen LogP contribution in [0.1, 0.15) is 25.7 Å². The van der Waals surface area contributed by atoms with Gasteiger partial charge in [0.05, 0.1) is 0 Å². The van der Waals surface area contributed by atoms with Gasteiger partial charge in [0.2, 0.25) is 0 Å². The van der Waals surface area contributed by atoms with E-state index in [1.807, 2.05) is 12.2 Å². The van der Waals surface area contributed by atoms with Crippen LogP contribution in [0.5, 0.6) is 0 Å². The maximum Gasteiger partial charge on any atom is 0.404 e. The number of hydrogen-bond donors (Lipinski definition) is 2. The lowest BCUT2D eigenvalue weighted by atomic mass is 10.0. The molecule has 0 radical (unpaired) electrons. The Morgan fingerprint density at radius 3 is 2.92 bits per heavy atom. The second-order valence-corrected chi connectivity index (χ2v) is 3.32. The first-order chi connectivity index (χ1) is 6.18. The molecule has 0 fully saturated rings. The molecule has 1 amide bonds. The van der Waals surface area contributed by atoms with Crippen molar-refractivity contribution in [3.05, 3.63) is 12.2 Å². The van der Waals surface area contributed by atoms with E-state index in [1.165, 1.54) is 0 Å². The number of rotatable bonds is 1. The predicted molar refractivity (Wildman–Crippen MR) is 50.0 cm³/mol. The second kappa shape index (κ2) is 4.87. The molecule has 1 rings (SSSR count). The van der Waals surface area contributed by atoms with Crippen molar-refractivity contribution in [3.8, 4) is 0 Å². The first kappa shape index (κ1) is 10.1. The minimum Gasteiger partial charge on any atom is -0.446 e. The molecule has 0 saturated heterocycles. The van der Waals surface area contributed by atoms with E-state index in [0.29, 0.717) is 0 Å². The molecule has 13 heavy (non-hydrogen) atoms. The van der Waals surface area contributed by atoms with Gasteiger partial charge in [0.15, 0.2) is 0 Å². The highest BCUT2D eigenvalue weighted by Crippen LogP contribution is 2.14. The smallest absolute Gasteiger partial charge is 0.404 e. The SMILES string of the molecule is NC(=O)OC1C/C=C/C(N)CCC1. The molecule has 0 aliphatic heterocycles. The summed E-state index contributed by atoms with van der Waals surface area (Å²) in [5.41, 5.74) is 10.7. The second-order valence-electron chi connectivity index (χ2n) is 3.32. The molecule has 0 aromatic carbocycles. The first-order valence-electron chi connectivity index (χ1n) is 4.57. The average Bonchev–Trinajstić information content (AvgIpc) is 1.99. The van der Waals surface area contributed by atoms with Crippen molar-refractivity contribution in [3.63, 3.8) is 0 Å². The summed E-state index contributed by atoms with van der Waals surface area (Å²) >= 11 is 0. The average molecular weight is 184 g/mol. The predicted octanol–water partition coefficient (Wildman–Crippen LogP) is 0.908. The van der Waals surface area contributed by atoms with E-state index in [1.54, 1.807) is 0 Å². The van der Waals surface area contributed by atoms with E-state index >= 15 is 0 Å². The quantitative estimate of drug-likeness (QED) is 0.594. The summed E-state index contributed by atoms with van der Waals surface area (Å²) in [4.78, 5) is 10.5. The summed E-state index contributed by atoms with van der Waals surface area (Å²) in [7, 11) is 0. The molecule has 4 nitrogen and oxygen atoms in total. The molecule has 74 valence electrons. The molecular weight excluding hydrogens is 168 g/mol. The Hall–Kier alpha value is -1.03. The van der Waals surface area contributed by atoms with Crippen LogP contribution in [-0.2, 0) is 4.74 Å². The Morgan fingerprint density at radius 1 is 1.46 bits per heavy atom. The van der Waals surface area contributed by atoms with Crippen LogP contribution < -0.4 is 11.5 Å². The van der Waals surface area contributed by atoms with Crippen molar-refractivity contribution in [2.45, 2.75) is 37.8 Å². The number of carbonyl (C=O) groups is 1.